The second-order valence-electron chi connectivity index (χ2n) is 5.15. The number of aliphatic hydroxyl groups is 1. The molecule has 0 saturated heterocycles. The third-order valence-corrected chi connectivity index (χ3v) is 3.54. The fourth-order valence-electron chi connectivity index (χ4n) is 2.38. The summed E-state index contributed by atoms with van der Waals surface area (Å²) in [7, 11) is 1.70. The van der Waals surface area contributed by atoms with E-state index in [1.54, 1.807) is 7.11 Å². The van der Waals surface area contributed by atoms with E-state index in [0.29, 0.717) is 6.61 Å². The molecular weight excluding hydrogens is 262 g/mol. The molecule has 2 N–H and O–H groups in total. The van der Waals surface area contributed by atoms with E-state index in [9.17, 15) is 5.11 Å². The fourth-order valence-corrected chi connectivity index (χ4v) is 2.38. The van der Waals surface area contributed by atoms with E-state index in [0.717, 1.165) is 13.0 Å². The van der Waals surface area contributed by atoms with Crippen LogP contribution < -0.4 is 5.32 Å². The standard InChI is InChI=1S/C18H23NO2/c1-21-14-17-10-6-5-9-16(17)12-19-18(13-20)11-15-7-3-2-4-8-15/h2-10,18-20H,11-14H2,1H3. The van der Waals surface area contributed by atoms with Crippen LogP contribution in [0.5, 0.6) is 0 Å². The van der Waals surface area contributed by atoms with Crippen LogP contribution in [0.1, 0.15) is 16.7 Å². The molecule has 0 radical (unpaired) electrons. The van der Waals surface area contributed by atoms with E-state index in [4.69, 9.17) is 4.74 Å². The van der Waals surface area contributed by atoms with Gasteiger partial charge in [-0.25, -0.2) is 0 Å². The van der Waals surface area contributed by atoms with Crippen LogP contribution in [0, 0.1) is 0 Å². The summed E-state index contributed by atoms with van der Waals surface area (Å²) in [6.07, 6.45) is 0.823. The molecule has 0 aliphatic rings. The summed E-state index contributed by atoms with van der Waals surface area (Å²) in [5.74, 6) is 0. The maximum Gasteiger partial charge on any atom is 0.0716 e. The number of methoxy groups -OCH3 is 1. The van der Waals surface area contributed by atoms with Gasteiger partial charge in [0.25, 0.3) is 0 Å². The van der Waals surface area contributed by atoms with Gasteiger partial charge in [0.1, 0.15) is 0 Å². The minimum atomic E-state index is 0.0583. The average molecular weight is 285 g/mol. The maximum atomic E-state index is 9.55. The number of benzene rings is 2. The van der Waals surface area contributed by atoms with Gasteiger partial charge >= 0.3 is 0 Å². The maximum absolute atomic E-state index is 9.55. The Bertz CT molecular complexity index is 528. The first-order valence-corrected chi connectivity index (χ1v) is 7.27. The molecule has 0 bridgehead atoms. The molecule has 0 saturated carbocycles. The Morgan fingerprint density at radius 2 is 1.67 bits per heavy atom. The van der Waals surface area contributed by atoms with Crippen molar-refractivity contribution in [2.45, 2.75) is 25.6 Å². The monoisotopic (exact) mass is 285 g/mol. The molecule has 112 valence electrons. The molecule has 0 aromatic heterocycles. The molecule has 2 rings (SSSR count). The summed E-state index contributed by atoms with van der Waals surface area (Å²) in [6.45, 7) is 1.47. The van der Waals surface area contributed by atoms with Crippen molar-refractivity contribution >= 4 is 0 Å². The van der Waals surface area contributed by atoms with Crippen LogP contribution >= 0.6 is 0 Å². The molecule has 0 spiro atoms. The molecule has 0 aliphatic heterocycles. The molecule has 2 aromatic rings. The normalized spacial score (nSPS) is 12.3. The zero-order chi connectivity index (χ0) is 14.9. The van der Waals surface area contributed by atoms with Gasteiger partial charge in [0.05, 0.1) is 13.2 Å². The first kappa shape index (κ1) is 15.7. The van der Waals surface area contributed by atoms with Crippen molar-refractivity contribution < 1.29 is 9.84 Å². The molecular formula is C18H23NO2. The minimum Gasteiger partial charge on any atom is -0.395 e. The van der Waals surface area contributed by atoms with Crippen LogP contribution in [0.25, 0.3) is 0 Å². The SMILES string of the molecule is COCc1ccccc1CNC(CO)Cc1ccccc1. The van der Waals surface area contributed by atoms with Crippen LogP contribution in [0.2, 0.25) is 0 Å². The zero-order valence-electron chi connectivity index (χ0n) is 12.5. The van der Waals surface area contributed by atoms with E-state index in [1.165, 1.54) is 16.7 Å². The van der Waals surface area contributed by atoms with Gasteiger partial charge in [0, 0.05) is 19.7 Å². The molecule has 1 unspecified atom stereocenters. The van der Waals surface area contributed by atoms with Gasteiger partial charge in [-0.3, -0.25) is 0 Å². The Labute approximate surface area is 126 Å². The van der Waals surface area contributed by atoms with Gasteiger partial charge in [-0.05, 0) is 23.1 Å². The first-order valence-electron chi connectivity index (χ1n) is 7.27. The third kappa shape index (κ3) is 4.97. The smallest absolute Gasteiger partial charge is 0.0716 e. The Morgan fingerprint density at radius 3 is 2.33 bits per heavy atom. The van der Waals surface area contributed by atoms with Crippen molar-refractivity contribution in [1.29, 1.82) is 0 Å². The summed E-state index contributed by atoms with van der Waals surface area (Å²) in [6, 6.07) is 18.5. The van der Waals surface area contributed by atoms with Crippen molar-refractivity contribution in [3.05, 3.63) is 71.3 Å². The fraction of sp³-hybridized carbons (Fsp3) is 0.333. The molecule has 1 atom stereocenters. The van der Waals surface area contributed by atoms with Crippen LogP contribution in [0.3, 0.4) is 0 Å². The topological polar surface area (TPSA) is 41.5 Å². The van der Waals surface area contributed by atoms with Gasteiger partial charge in [0.2, 0.25) is 0 Å². The number of aliphatic hydroxyl groups excluding tert-OH is 1. The van der Waals surface area contributed by atoms with E-state index in [1.807, 2.05) is 30.3 Å². The second kappa shape index (κ2) is 8.57. The van der Waals surface area contributed by atoms with Gasteiger partial charge < -0.3 is 15.2 Å². The van der Waals surface area contributed by atoms with Crippen LogP contribution in [0.15, 0.2) is 54.6 Å². The second-order valence-corrected chi connectivity index (χ2v) is 5.15. The van der Waals surface area contributed by atoms with Crippen molar-refractivity contribution in [3.8, 4) is 0 Å². The largest absolute Gasteiger partial charge is 0.395 e. The highest BCUT2D eigenvalue weighted by Gasteiger charge is 2.09. The number of nitrogens with one attached hydrogen (secondary N) is 1. The zero-order valence-corrected chi connectivity index (χ0v) is 12.5. The Hall–Kier alpha value is -1.68. The van der Waals surface area contributed by atoms with E-state index < -0.39 is 0 Å². The molecule has 0 heterocycles. The first-order chi connectivity index (χ1) is 10.3. The molecule has 0 fully saturated rings. The molecule has 2 aromatic carbocycles. The van der Waals surface area contributed by atoms with Crippen LogP contribution in [-0.2, 0) is 24.3 Å². The van der Waals surface area contributed by atoms with E-state index in [2.05, 4.69) is 29.6 Å². The number of hydrogen-bond acceptors (Lipinski definition) is 3. The molecule has 0 amide bonds. The molecule has 3 nitrogen and oxygen atoms in total. The van der Waals surface area contributed by atoms with Gasteiger partial charge in [-0.2, -0.15) is 0 Å². The summed E-state index contributed by atoms with van der Waals surface area (Å²) >= 11 is 0. The lowest BCUT2D eigenvalue weighted by Gasteiger charge is -2.18. The van der Waals surface area contributed by atoms with Crippen molar-refractivity contribution in [2.75, 3.05) is 13.7 Å². The van der Waals surface area contributed by atoms with Crippen molar-refractivity contribution in [1.82, 2.24) is 5.32 Å². The summed E-state index contributed by atoms with van der Waals surface area (Å²) in [4.78, 5) is 0. The highest BCUT2D eigenvalue weighted by Crippen LogP contribution is 2.10. The van der Waals surface area contributed by atoms with Crippen molar-refractivity contribution in [3.63, 3.8) is 0 Å². The Kier molecular flexibility index (Phi) is 6.41. The lowest BCUT2D eigenvalue weighted by atomic mass is 10.0. The lowest BCUT2D eigenvalue weighted by molar-refractivity contribution is 0.183. The highest BCUT2D eigenvalue weighted by molar-refractivity contribution is 5.26. The van der Waals surface area contributed by atoms with Gasteiger partial charge in [-0.1, -0.05) is 54.6 Å². The van der Waals surface area contributed by atoms with E-state index >= 15 is 0 Å². The average Bonchev–Trinajstić information content (AvgIpc) is 2.54. The van der Waals surface area contributed by atoms with Crippen molar-refractivity contribution in [2.24, 2.45) is 0 Å². The predicted molar refractivity (Wildman–Crippen MR) is 85.0 cm³/mol. The highest BCUT2D eigenvalue weighted by atomic mass is 16.5. The Balaban J connectivity index is 1.94. The minimum absolute atomic E-state index is 0.0583. The van der Waals surface area contributed by atoms with E-state index in [-0.39, 0.29) is 12.6 Å². The summed E-state index contributed by atoms with van der Waals surface area (Å²) < 4.78 is 5.22. The summed E-state index contributed by atoms with van der Waals surface area (Å²) in [5, 5.41) is 13.0. The number of ether oxygens (including phenoxy) is 1. The lowest BCUT2D eigenvalue weighted by Crippen LogP contribution is -2.34. The quantitative estimate of drug-likeness (QED) is 0.783. The van der Waals surface area contributed by atoms with Gasteiger partial charge in [-0.15, -0.1) is 0 Å². The van der Waals surface area contributed by atoms with Crippen LogP contribution in [-0.4, -0.2) is 24.9 Å². The van der Waals surface area contributed by atoms with Gasteiger partial charge in [0.15, 0.2) is 0 Å². The van der Waals surface area contributed by atoms with Crippen LogP contribution in [0.4, 0.5) is 0 Å². The predicted octanol–water partition coefficient (Wildman–Crippen LogP) is 2.53. The third-order valence-electron chi connectivity index (χ3n) is 3.54. The number of hydrogen-bond donors (Lipinski definition) is 2. The molecule has 0 aliphatic carbocycles. The molecule has 21 heavy (non-hydrogen) atoms. The Morgan fingerprint density at radius 1 is 1.00 bits per heavy atom. The number of rotatable bonds is 8. The molecule has 3 heteroatoms. The summed E-state index contributed by atoms with van der Waals surface area (Å²) in [5.41, 5.74) is 3.63.